The van der Waals surface area contributed by atoms with Gasteiger partial charge in [-0.25, -0.2) is 0 Å². The van der Waals surface area contributed by atoms with Crippen LogP contribution in [-0.4, -0.2) is 52.1 Å². The summed E-state index contributed by atoms with van der Waals surface area (Å²) in [5.74, 6) is 0.0365. The topological polar surface area (TPSA) is 52.2 Å². The van der Waals surface area contributed by atoms with Crippen molar-refractivity contribution in [1.82, 2.24) is 20.0 Å². The van der Waals surface area contributed by atoms with Crippen molar-refractivity contribution in [3.8, 4) is 0 Å². The molecule has 3 rings (SSSR count). The standard InChI is InChI=1S/C15H19BrN4OS/c1-2-11-9-13(18-17-11)15(21)20-7-5-19(6-8-20)10-12-3-4-14(16)22-12/h3-4,9H,2,5-8,10H2,1H3,(H,17,18). The molecule has 2 aromatic heterocycles. The zero-order chi connectivity index (χ0) is 15.5. The van der Waals surface area contributed by atoms with Crippen LogP contribution in [-0.2, 0) is 13.0 Å². The van der Waals surface area contributed by atoms with Gasteiger partial charge in [0.05, 0.1) is 3.79 Å². The molecule has 3 heterocycles. The number of carbonyl (C=O) groups excluding carboxylic acids is 1. The van der Waals surface area contributed by atoms with Gasteiger partial charge in [0.2, 0.25) is 0 Å². The molecule has 118 valence electrons. The second kappa shape index (κ2) is 6.93. The summed E-state index contributed by atoms with van der Waals surface area (Å²) in [6.07, 6.45) is 0.866. The van der Waals surface area contributed by atoms with Crippen LogP contribution in [0.25, 0.3) is 0 Å². The molecule has 0 spiro atoms. The van der Waals surface area contributed by atoms with Gasteiger partial charge in [-0.2, -0.15) is 5.10 Å². The van der Waals surface area contributed by atoms with E-state index < -0.39 is 0 Å². The Morgan fingerprint density at radius 1 is 1.36 bits per heavy atom. The largest absolute Gasteiger partial charge is 0.335 e. The number of halogens is 1. The van der Waals surface area contributed by atoms with Gasteiger partial charge in [-0.05, 0) is 40.5 Å². The molecule has 2 aromatic rings. The molecule has 0 saturated carbocycles. The number of rotatable bonds is 4. The van der Waals surface area contributed by atoms with Gasteiger partial charge in [0.15, 0.2) is 0 Å². The summed E-state index contributed by atoms with van der Waals surface area (Å²) in [7, 11) is 0. The number of hydrogen-bond donors (Lipinski definition) is 1. The Balaban J connectivity index is 1.53. The summed E-state index contributed by atoms with van der Waals surface area (Å²) >= 11 is 5.27. The van der Waals surface area contributed by atoms with Crippen LogP contribution in [0.4, 0.5) is 0 Å². The first-order chi connectivity index (χ1) is 10.7. The minimum absolute atomic E-state index is 0.0365. The molecule has 0 radical (unpaired) electrons. The van der Waals surface area contributed by atoms with Crippen LogP contribution in [0.1, 0.15) is 28.0 Å². The number of aromatic nitrogens is 2. The maximum atomic E-state index is 12.4. The van der Waals surface area contributed by atoms with Crippen molar-refractivity contribution in [2.24, 2.45) is 0 Å². The molecule has 0 bridgehead atoms. The first-order valence-electron chi connectivity index (χ1n) is 7.46. The van der Waals surface area contributed by atoms with Crippen molar-refractivity contribution in [1.29, 1.82) is 0 Å². The van der Waals surface area contributed by atoms with Crippen LogP contribution < -0.4 is 0 Å². The predicted octanol–water partition coefficient (Wildman–Crippen LogP) is 2.75. The molecule has 1 amide bonds. The van der Waals surface area contributed by atoms with E-state index in [1.54, 1.807) is 11.3 Å². The number of thiophene rings is 1. The maximum absolute atomic E-state index is 12.4. The normalized spacial score (nSPS) is 16.2. The number of nitrogens with one attached hydrogen (secondary N) is 1. The molecule has 0 aromatic carbocycles. The van der Waals surface area contributed by atoms with E-state index in [1.807, 2.05) is 17.9 Å². The summed E-state index contributed by atoms with van der Waals surface area (Å²) < 4.78 is 1.17. The molecule has 22 heavy (non-hydrogen) atoms. The molecule has 1 N–H and O–H groups in total. The van der Waals surface area contributed by atoms with Crippen LogP contribution in [0.3, 0.4) is 0 Å². The Morgan fingerprint density at radius 3 is 2.73 bits per heavy atom. The van der Waals surface area contributed by atoms with E-state index in [-0.39, 0.29) is 5.91 Å². The van der Waals surface area contributed by atoms with Crippen molar-refractivity contribution in [3.05, 3.63) is 38.3 Å². The molecule has 1 aliphatic heterocycles. The highest BCUT2D eigenvalue weighted by atomic mass is 79.9. The molecule has 0 unspecified atom stereocenters. The zero-order valence-corrected chi connectivity index (χ0v) is 14.9. The number of piperazine rings is 1. The average Bonchev–Trinajstić information content (AvgIpc) is 3.16. The Labute approximate surface area is 142 Å². The highest BCUT2D eigenvalue weighted by Gasteiger charge is 2.23. The van der Waals surface area contributed by atoms with Crippen LogP contribution in [0.15, 0.2) is 22.0 Å². The number of carbonyl (C=O) groups is 1. The van der Waals surface area contributed by atoms with Crippen molar-refractivity contribution < 1.29 is 4.79 Å². The summed E-state index contributed by atoms with van der Waals surface area (Å²) in [6.45, 7) is 6.35. The Morgan fingerprint density at radius 2 is 2.14 bits per heavy atom. The molecule has 7 heteroatoms. The van der Waals surface area contributed by atoms with E-state index in [9.17, 15) is 4.79 Å². The van der Waals surface area contributed by atoms with E-state index in [1.165, 1.54) is 8.66 Å². The molecular weight excluding hydrogens is 364 g/mol. The number of hydrogen-bond acceptors (Lipinski definition) is 4. The van der Waals surface area contributed by atoms with Gasteiger partial charge in [0.1, 0.15) is 5.69 Å². The van der Waals surface area contributed by atoms with E-state index in [2.05, 4.69) is 43.2 Å². The second-order valence-corrected chi connectivity index (χ2v) is 7.95. The molecule has 0 atom stereocenters. The fourth-order valence-corrected chi connectivity index (χ4v) is 4.11. The minimum atomic E-state index is 0.0365. The smallest absolute Gasteiger partial charge is 0.274 e. The molecule has 1 fully saturated rings. The zero-order valence-electron chi connectivity index (χ0n) is 12.5. The van der Waals surface area contributed by atoms with Crippen LogP contribution in [0.2, 0.25) is 0 Å². The number of H-pyrrole nitrogens is 1. The van der Waals surface area contributed by atoms with E-state index in [0.717, 1.165) is 44.8 Å². The predicted molar refractivity (Wildman–Crippen MR) is 91.2 cm³/mol. The van der Waals surface area contributed by atoms with E-state index >= 15 is 0 Å². The summed E-state index contributed by atoms with van der Waals surface area (Å²) in [6, 6.07) is 6.10. The van der Waals surface area contributed by atoms with Gasteiger partial charge in [-0.15, -0.1) is 11.3 Å². The fourth-order valence-electron chi connectivity index (χ4n) is 2.58. The lowest BCUT2D eigenvalue weighted by Gasteiger charge is -2.34. The second-order valence-electron chi connectivity index (χ2n) is 5.41. The van der Waals surface area contributed by atoms with Gasteiger partial charge >= 0.3 is 0 Å². The van der Waals surface area contributed by atoms with Gasteiger partial charge in [0.25, 0.3) is 5.91 Å². The highest BCUT2D eigenvalue weighted by Crippen LogP contribution is 2.23. The van der Waals surface area contributed by atoms with Gasteiger partial charge in [-0.1, -0.05) is 6.92 Å². The summed E-state index contributed by atoms with van der Waals surface area (Å²) in [4.78, 5) is 18.1. The van der Waals surface area contributed by atoms with Crippen LogP contribution in [0, 0.1) is 0 Å². The lowest BCUT2D eigenvalue weighted by Crippen LogP contribution is -2.48. The van der Waals surface area contributed by atoms with Crippen molar-refractivity contribution in [2.75, 3.05) is 26.2 Å². The molecular formula is C15H19BrN4OS. The number of nitrogens with zero attached hydrogens (tertiary/aromatic N) is 3. The lowest BCUT2D eigenvalue weighted by molar-refractivity contribution is 0.0624. The first kappa shape index (κ1) is 15.7. The Bertz CT molecular complexity index is 646. The first-order valence-corrected chi connectivity index (χ1v) is 9.07. The monoisotopic (exact) mass is 382 g/mol. The third-order valence-corrected chi connectivity index (χ3v) is 5.51. The third kappa shape index (κ3) is 3.59. The quantitative estimate of drug-likeness (QED) is 0.884. The van der Waals surface area contributed by atoms with Gasteiger partial charge in [0, 0.05) is 43.3 Å². The molecule has 1 saturated heterocycles. The molecule has 5 nitrogen and oxygen atoms in total. The number of aromatic amines is 1. The lowest BCUT2D eigenvalue weighted by atomic mass is 10.2. The Kier molecular flexibility index (Phi) is 4.95. The summed E-state index contributed by atoms with van der Waals surface area (Å²) in [5, 5.41) is 7.03. The SMILES string of the molecule is CCc1cc(C(=O)N2CCN(Cc3ccc(Br)s3)CC2)n[nH]1. The van der Waals surface area contributed by atoms with E-state index in [4.69, 9.17) is 0 Å². The minimum Gasteiger partial charge on any atom is -0.335 e. The summed E-state index contributed by atoms with van der Waals surface area (Å²) in [5.41, 5.74) is 1.54. The van der Waals surface area contributed by atoms with Crippen LogP contribution in [0.5, 0.6) is 0 Å². The molecule has 0 aliphatic carbocycles. The van der Waals surface area contributed by atoms with Crippen molar-refractivity contribution in [2.45, 2.75) is 19.9 Å². The average molecular weight is 383 g/mol. The van der Waals surface area contributed by atoms with E-state index in [0.29, 0.717) is 5.69 Å². The number of aryl methyl sites for hydroxylation is 1. The Hall–Kier alpha value is -1.18. The van der Waals surface area contributed by atoms with Crippen LogP contribution >= 0.6 is 27.3 Å². The van der Waals surface area contributed by atoms with Crippen molar-refractivity contribution >= 4 is 33.2 Å². The molecule has 1 aliphatic rings. The fraction of sp³-hybridized carbons (Fsp3) is 0.467. The van der Waals surface area contributed by atoms with Gasteiger partial charge in [-0.3, -0.25) is 14.8 Å². The van der Waals surface area contributed by atoms with Gasteiger partial charge < -0.3 is 4.90 Å². The highest BCUT2D eigenvalue weighted by molar-refractivity contribution is 9.11. The number of amides is 1. The third-order valence-electron chi connectivity index (χ3n) is 3.90. The maximum Gasteiger partial charge on any atom is 0.274 e. The van der Waals surface area contributed by atoms with Crippen molar-refractivity contribution in [3.63, 3.8) is 0 Å².